The molecule has 0 bridgehead atoms. The van der Waals surface area contributed by atoms with Crippen LogP contribution in [0.25, 0.3) is 0 Å². The molecule has 0 heterocycles. The van der Waals surface area contributed by atoms with E-state index < -0.39 is 17.4 Å². The van der Waals surface area contributed by atoms with Crippen LogP contribution in [0.3, 0.4) is 0 Å². The molecule has 0 atom stereocenters. The minimum absolute atomic E-state index is 0.0106. The van der Waals surface area contributed by atoms with Gasteiger partial charge >= 0.3 is 0 Å². The van der Waals surface area contributed by atoms with Gasteiger partial charge in [0.05, 0.1) is 25.3 Å². The fraction of sp³-hybridized carbons (Fsp3) is 0.133. The number of methoxy groups -OCH3 is 2. The first-order valence-corrected chi connectivity index (χ1v) is 5.78. The maximum Gasteiger partial charge on any atom is 0.200 e. The van der Waals surface area contributed by atoms with E-state index in [1.165, 1.54) is 38.5 Å². The zero-order valence-corrected chi connectivity index (χ0v) is 10.9. The molecule has 0 aliphatic carbocycles. The normalized spacial score (nSPS) is 10.2. The average molecular weight is 278 g/mol. The fourth-order valence-corrected chi connectivity index (χ4v) is 1.86. The van der Waals surface area contributed by atoms with E-state index >= 15 is 0 Å². The molecule has 0 aliphatic rings. The van der Waals surface area contributed by atoms with Crippen LogP contribution in [-0.2, 0) is 0 Å². The second kappa shape index (κ2) is 5.69. The summed E-state index contributed by atoms with van der Waals surface area (Å²) in [5, 5.41) is 0. The monoisotopic (exact) mass is 278 g/mol. The van der Waals surface area contributed by atoms with Gasteiger partial charge in [-0.15, -0.1) is 0 Å². The van der Waals surface area contributed by atoms with E-state index in [1.807, 2.05) is 0 Å². The number of carbonyl (C=O) groups is 1. The predicted molar refractivity (Wildman–Crippen MR) is 69.3 cm³/mol. The van der Waals surface area contributed by atoms with Crippen LogP contribution >= 0.6 is 0 Å². The predicted octanol–water partition coefficient (Wildman–Crippen LogP) is 3.21. The Morgan fingerprint density at radius 3 is 1.60 bits per heavy atom. The second-order valence-corrected chi connectivity index (χ2v) is 4.02. The van der Waals surface area contributed by atoms with Crippen LogP contribution in [0.15, 0.2) is 36.4 Å². The molecule has 3 nitrogen and oxygen atoms in total. The van der Waals surface area contributed by atoms with Crippen molar-refractivity contribution in [2.45, 2.75) is 0 Å². The van der Waals surface area contributed by atoms with E-state index in [-0.39, 0.29) is 22.6 Å². The van der Waals surface area contributed by atoms with Crippen LogP contribution in [0.1, 0.15) is 15.9 Å². The quantitative estimate of drug-likeness (QED) is 0.806. The first-order valence-electron chi connectivity index (χ1n) is 5.78. The molecule has 0 aliphatic heterocycles. The fourth-order valence-electron chi connectivity index (χ4n) is 1.86. The summed E-state index contributed by atoms with van der Waals surface area (Å²) >= 11 is 0. The van der Waals surface area contributed by atoms with Crippen molar-refractivity contribution in [1.82, 2.24) is 0 Å². The third-order valence-corrected chi connectivity index (χ3v) is 2.81. The molecule has 0 unspecified atom stereocenters. The zero-order valence-electron chi connectivity index (χ0n) is 10.9. The SMILES string of the molecule is COc1ccc(F)cc1C(=O)c1cc(F)ccc1OC. The Morgan fingerprint density at radius 1 is 0.850 bits per heavy atom. The smallest absolute Gasteiger partial charge is 0.200 e. The van der Waals surface area contributed by atoms with Crippen molar-refractivity contribution in [2.24, 2.45) is 0 Å². The minimum Gasteiger partial charge on any atom is -0.496 e. The number of ether oxygens (including phenoxy) is 2. The summed E-state index contributed by atoms with van der Waals surface area (Å²) in [7, 11) is 2.74. The summed E-state index contributed by atoms with van der Waals surface area (Å²) in [4.78, 5) is 12.4. The lowest BCUT2D eigenvalue weighted by atomic mass is 10.0. The van der Waals surface area contributed by atoms with Crippen LogP contribution in [-0.4, -0.2) is 20.0 Å². The van der Waals surface area contributed by atoms with Gasteiger partial charge in [0, 0.05) is 0 Å². The summed E-state index contributed by atoms with van der Waals surface area (Å²) in [6.45, 7) is 0. The van der Waals surface area contributed by atoms with Gasteiger partial charge in [-0.25, -0.2) is 8.78 Å². The molecule has 0 N–H and O–H groups in total. The van der Waals surface area contributed by atoms with Crippen LogP contribution < -0.4 is 9.47 Å². The highest BCUT2D eigenvalue weighted by Gasteiger charge is 2.19. The van der Waals surface area contributed by atoms with E-state index in [0.29, 0.717) is 0 Å². The Balaban J connectivity index is 2.56. The molecule has 2 rings (SSSR count). The zero-order chi connectivity index (χ0) is 14.7. The number of hydrogen-bond donors (Lipinski definition) is 0. The van der Waals surface area contributed by atoms with Gasteiger partial charge in [-0.2, -0.15) is 0 Å². The van der Waals surface area contributed by atoms with Crippen LogP contribution in [0, 0.1) is 11.6 Å². The van der Waals surface area contributed by atoms with Crippen LogP contribution in [0.4, 0.5) is 8.78 Å². The number of ketones is 1. The van der Waals surface area contributed by atoms with Crippen molar-refractivity contribution in [1.29, 1.82) is 0 Å². The van der Waals surface area contributed by atoms with Gasteiger partial charge in [0.1, 0.15) is 23.1 Å². The number of rotatable bonds is 4. The third kappa shape index (κ3) is 2.61. The molecule has 0 aromatic heterocycles. The molecular formula is C15H12F2O3. The maximum atomic E-state index is 13.3. The number of hydrogen-bond acceptors (Lipinski definition) is 3. The van der Waals surface area contributed by atoms with E-state index in [9.17, 15) is 13.6 Å². The Morgan fingerprint density at radius 2 is 1.25 bits per heavy atom. The van der Waals surface area contributed by atoms with Gasteiger partial charge in [0.2, 0.25) is 5.78 Å². The van der Waals surface area contributed by atoms with Gasteiger partial charge in [0.15, 0.2) is 0 Å². The van der Waals surface area contributed by atoms with Crippen molar-refractivity contribution in [2.75, 3.05) is 14.2 Å². The van der Waals surface area contributed by atoms with Gasteiger partial charge in [-0.05, 0) is 36.4 Å². The Labute approximate surface area is 114 Å². The Hall–Kier alpha value is -2.43. The average Bonchev–Trinajstić information content (AvgIpc) is 2.46. The molecule has 0 radical (unpaired) electrons. The summed E-state index contributed by atoms with van der Waals surface area (Å²) in [5.74, 6) is -1.31. The van der Waals surface area contributed by atoms with Crippen molar-refractivity contribution < 1.29 is 23.0 Å². The standard InChI is InChI=1S/C15H12F2O3/c1-19-13-5-3-9(16)7-11(13)15(18)12-8-10(17)4-6-14(12)20-2/h3-8H,1-2H3. The molecule has 0 amide bonds. The van der Waals surface area contributed by atoms with E-state index in [0.717, 1.165) is 12.1 Å². The Kier molecular flexibility index (Phi) is 3.98. The number of halogens is 2. The van der Waals surface area contributed by atoms with Gasteiger partial charge in [0.25, 0.3) is 0 Å². The minimum atomic E-state index is -0.579. The molecule has 2 aromatic rings. The van der Waals surface area contributed by atoms with Crippen molar-refractivity contribution >= 4 is 5.78 Å². The molecule has 2 aromatic carbocycles. The first kappa shape index (κ1) is 14.0. The summed E-state index contributed by atoms with van der Waals surface area (Å²) in [6, 6.07) is 7.14. The lowest BCUT2D eigenvalue weighted by Crippen LogP contribution is -2.07. The van der Waals surface area contributed by atoms with Crippen molar-refractivity contribution in [3.8, 4) is 11.5 Å². The highest BCUT2D eigenvalue weighted by molar-refractivity contribution is 6.12. The van der Waals surface area contributed by atoms with Gasteiger partial charge in [-0.3, -0.25) is 4.79 Å². The largest absolute Gasteiger partial charge is 0.496 e. The molecule has 5 heteroatoms. The van der Waals surface area contributed by atoms with E-state index in [2.05, 4.69) is 0 Å². The van der Waals surface area contributed by atoms with Gasteiger partial charge in [-0.1, -0.05) is 0 Å². The van der Waals surface area contributed by atoms with E-state index in [1.54, 1.807) is 0 Å². The molecule has 0 saturated carbocycles. The van der Waals surface area contributed by atoms with Gasteiger partial charge < -0.3 is 9.47 Å². The summed E-state index contributed by atoms with van der Waals surface area (Å²) < 4.78 is 36.7. The molecule has 20 heavy (non-hydrogen) atoms. The first-order chi connectivity index (χ1) is 9.56. The van der Waals surface area contributed by atoms with Crippen molar-refractivity contribution in [3.63, 3.8) is 0 Å². The highest BCUT2D eigenvalue weighted by Crippen LogP contribution is 2.27. The highest BCUT2D eigenvalue weighted by atomic mass is 19.1. The summed E-state index contributed by atoms with van der Waals surface area (Å²) in [6.07, 6.45) is 0. The molecule has 0 fully saturated rings. The second-order valence-electron chi connectivity index (χ2n) is 4.02. The van der Waals surface area contributed by atoms with Crippen molar-refractivity contribution in [3.05, 3.63) is 59.2 Å². The lowest BCUT2D eigenvalue weighted by Gasteiger charge is -2.10. The molecule has 0 spiro atoms. The molecule has 104 valence electrons. The number of carbonyl (C=O) groups excluding carboxylic acids is 1. The van der Waals surface area contributed by atoms with Crippen LogP contribution in [0.2, 0.25) is 0 Å². The summed E-state index contributed by atoms with van der Waals surface area (Å²) in [5.41, 5.74) is 0.0211. The van der Waals surface area contributed by atoms with Crippen LogP contribution in [0.5, 0.6) is 11.5 Å². The third-order valence-electron chi connectivity index (χ3n) is 2.81. The topological polar surface area (TPSA) is 35.5 Å². The number of benzene rings is 2. The maximum absolute atomic E-state index is 13.3. The Bertz CT molecular complexity index is 598. The lowest BCUT2D eigenvalue weighted by molar-refractivity contribution is 0.103. The molecule has 0 saturated heterocycles. The van der Waals surface area contributed by atoms with E-state index in [4.69, 9.17) is 9.47 Å². The molecular weight excluding hydrogens is 266 g/mol.